The van der Waals surface area contributed by atoms with E-state index < -0.39 is 0 Å². The van der Waals surface area contributed by atoms with Crippen molar-refractivity contribution in [2.45, 2.75) is 39.0 Å². The Labute approximate surface area is 108 Å². The van der Waals surface area contributed by atoms with Gasteiger partial charge >= 0.3 is 5.97 Å². The van der Waals surface area contributed by atoms with Gasteiger partial charge in [0, 0.05) is 5.69 Å². The molecule has 4 nitrogen and oxygen atoms in total. The van der Waals surface area contributed by atoms with E-state index >= 15 is 0 Å². The Morgan fingerprint density at radius 3 is 2.44 bits per heavy atom. The summed E-state index contributed by atoms with van der Waals surface area (Å²) < 4.78 is 4.65. The molecule has 100 valence electrons. The summed E-state index contributed by atoms with van der Waals surface area (Å²) >= 11 is 0. The molecule has 0 atom stereocenters. The molecule has 0 saturated heterocycles. The summed E-state index contributed by atoms with van der Waals surface area (Å²) in [5.41, 5.74) is 0.919. The van der Waals surface area contributed by atoms with E-state index in [1.54, 1.807) is 12.1 Å². The average Bonchev–Trinajstić information content (AvgIpc) is 2.43. The fraction of sp³-hybridized carbons (Fsp3) is 0.571. The minimum Gasteiger partial charge on any atom is -0.506 e. The van der Waals surface area contributed by atoms with Gasteiger partial charge in [0.25, 0.3) is 0 Å². The smallest absolute Gasteiger partial charge is 0.308 e. The number of pyridine rings is 1. The van der Waals surface area contributed by atoms with Crippen LogP contribution in [-0.2, 0) is 9.53 Å². The molecule has 0 spiro atoms. The first kappa shape index (κ1) is 14.5. The van der Waals surface area contributed by atoms with Crippen molar-refractivity contribution in [3.05, 3.63) is 24.0 Å². The fourth-order valence-electron chi connectivity index (χ4n) is 1.96. The molecule has 0 amide bonds. The van der Waals surface area contributed by atoms with Crippen LogP contribution < -0.4 is 0 Å². The summed E-state index contributed by atoms with van der Waals surface area (Å²) in [6.45, 7) is 1.87. The van der Waals surface area contributed by atoms with Crippen molar-refractivity contribution in [3.8, 4) is 5.75 Å². The van der Waals surface area contributed by atoms with Gasteiger partial charge in [0.2, 0.25) is 0 Å². The van der Waals surface area contributed by atoms with Gasteiger partial charge in [-0.25, -0.2) is 0 Å². The van der Waals surface area contributed by atoms with E-state index in [0.717, 1.165) is 18.5 Å². The third kappa shape index (κ3) is 5.17. The number of aromatic hydroxyl groups is 1. The number of nitrogens with zero attached hydrogens (tertiary/aromatic N) is 1. The zero-order chi connectivity index (χ0) is 13.4. The lowest BCUT2D eigenvalue weighted by atomic mass is 9.89. The molecule has 1 aromatic rings. The molecule has 0 aliphatic heterocycles. The summed E-state index contributed by atoms with van der Waals surface area (Å²) in [5, 5.41) is 8.69. The summed E-state index contributed by atoms with van der Waals surface area (Å²) in [5.74, 6) is 0.411. The van der Waals surface area contributed by atoms with Crippen molar-refractivity contribution in [1.82, 2.24) is 4.98 Å². The number of ether oxygens (including phenoxy) is 1. The molecule has 1 heterocycles. The Kier molecular flexibility index (Phi) is 6.19. The lowest BCUT2D eigenvalue weighted by molar-refractivity contribution is -0.146. The molecule has 0 unspecified atom stereocenters. The normalized spacial score (nSPS) is 15.4. The summed E-state index contributed by atoms with van der Waals surface area (Å²) in [4.78, 5) is 14.8. The monoisotopic (exact) mass is 251 g/mol. The average molecular weight is 251 g/mol. The number of carbonyl (C=O) groups excluding carboxylic acids is 1. The Hall–Kier alpha value is -1.58. The van der Waals surface area contributed by atoms with Gasteiger partial charge in [0.05, 0.1) is 19.2 Å². The van der Waals surface area contributed by atoms with Crippen molar-refractivity contribution in [2.75, 3.05) is 7.11 Å². The minimum atomic E-state index is -0.0142. The van der Waals surface area contributed by atoms with E-state index in [-0.39, 0.29) is 17.6 Å². The molecule has 1 aromatic heterocycles. The van der Waals surface area contributed by atoms with Crippen LogP contribution in [0.3, 0.4) is 0 Å². The number of esters is 1. The molecular weight excluding hydrogens is 230 g/mol. The SMILES string of the molecule is COC(=O)C1CCCCC1.Cc1ccc(O)cn1. The van der Waals surface area contributed by atoms with Gasteiger partial charge in [-0.2, -0.15) is 0 Å². The van der Waals surface area contributed by atoms with Crippen LogP contribution in [0.2, 0.25) is 0 Å². The Morgan fingerprint density at radius 1 is 1.33 bits per heavy atom. The van der Waals surface area contributed by atoms with E-state index in [4.69, 9.17) is 5.11 Å². The Bertz CT molecular complexity index is 335. The second-order valence-electron chi connectivity index (χ2n) is 4.52. The molecule has 0 bridgehead atoms. The molecule has 2 rings (SSSR count). The third-order valence-corrected chi connectivity index (χ3v) is 3.04. The van der Waals surface area contributed by atoms with Crippen molar-refractivity contribution >= 4 is 5.97 Å². The predicted molar refractivity (Wildman–Crippen MR) is 69.2 cm³/mol. The van der Waals surface area contributed by atoms with Gasteiger partial charge < -0.3 is 9.84 Å². The van der Waals surface area contributed by atoms with Crippen LogP contribution in [0.25, 0.3) is 0 Å². The van der Waals surface area contributed by atoms with E-state index in [1.807, 2.05) is 6.92 Å². The lowest BCUT2D eigenvalue weighted by Crippen LogP contribution is -2.18. The molecular formula is C14H21NO3. The Morgan fingerprint density at radius 2 is 2.00 bits per heavy atom. The number of aromatic nitrogens is 1. The quantitative estimate of drug-likeness (QED) is 0.780. The van der Waals surface area contributed by atoms with E-state index in [1.165, 1.54) is 32.6 Å². The topological polar surface area (TPSA) is 59.4 Å². The molecule has 1 fully saturated rings. The van der Waals surface area contributed by atoms with E-state index in [9.17, 15) is 4.79 Å². The predicted octanol–water partition coefficient (Wildman–Crippen LogP) is 2.84. The van der Waals surface area contributed by atoms with Crippen LogP contribution >= 0.6 is 0 Å². The summed E-state index contributed by atoms with van der Waals surface area (Å²) in [7, 11) is 1.47. The minimum absolute atomic E-state index is 0.0142. The van der Waals surface area contributed by atoms with Gasteiger partial charge in [-0.3, -0.25) is 9.78 Å². The van der Waals surface area contributed by atoms with Gasteiger partial charge in [-0.15, -0.1) is 0 Å². The molecule has 1 saturated carbocycles. The van der Waals surface area contributed by atoms with E-state index in [2.05, 4.69) is 9.72 Å². The molecule has 18 heavy (non-hydrogen) atoms. The van der Waals surface area contributed by atoms with Crippen LogP contribution in [0, 0.1) is 12.8 Å². The van der Waals surface area contributed by atoms with Gasteiger partial charge in [0.1, 0.15) is 5.75 Å². The zero-order valence-corrected chi connectivity index (χ0v) is 11.1. The second kappa shape index (κ2) is 7.69. The zero-order valence-electron chi connectivity index (χ0n) is 11.1. The van der Waals surface area contributed by atoms with Crippen LogP contribution in [0.1, 0.15) is 37.8 Å². The molecule has 1 N–H and O–H groups in total. The highest BCUT2D eigenvalue weighted by molar-refractivity contribution is 5.72. The highest BCUT2D eigenvalue weighted by Crippen LogP contribution is 2.24. The van der Waals surface area contributed by atoms with Crippen molar-refractivity contribution in [2.24, 2.45) is 5.92 Å². The number of rotatable bonds is 1. The highest BCUT2D eigenvalue weighted by atomic mass is 16.5. The maximum absolute atomic E-state index is 10.9. The number of carbonyl (C=O) groups is 1. The maximum Gasteiger partial charge on any atom is 0.308 e. The van der Waals surface area contributed by atoms with Crippen molar-refractivity contribution in [1.29, 1.82) is 0 Å². The highest BCUT2D eigenvalue weighted by Gasteiger charge is 2.20. The van der Waals surface area contributed by atoms with Crippen molar-refractivity contribution < 1.29 is 14.6 Å². The number of aryl methyl sites for hydroxylation is 1. The first-order chi connectivity index (χ1) is 8.63. The van der Waals surface area contributed by atoms with Gasteiger partial charge in [-0.1, -0.05) is 19.3 Å². The number of hydrogen-bond donors (Lipinski definition) is 1. The first-order valence-electron chi connectivity index (χ1n) is 6.33. The summed E-state index contributed by atoms with van der Waals surface area (Å²) in [6, 6.07) is 3.37. The van der Waals surface area contributed by atoms with Crippen LogP contribution in [-0.4, -0.2) is 23.2 Å². The van der Waals surface area contributed by atoms with Crippen molar-refractivity contribution in [3.63, 3.8) is 0 Å². The third-order valence-electron chi connectivity index (χ3n) is 3.04. The summed E-state index contributed by atoms with van der Waals surface area (Å²) in [6.07, 6.45) is 7.17. The lowest BCUT2D eigenvalue weighted by Gasteiger charge is -2.18. The maximum atomic E-state index is 10.9. The van der Waals surface area contributed by atoms with Gasteiger partial charge in [-0.05, 0) is 31.9 Å². The van der Waals surface area contributed by atoms with Crippen LogP contribution in [0.5, 0.6) is 5.75 Å². The van der Waals surface area contributed by atoms with E-state index in [0.29, 0.717) is 0 Å². The molecule has 1 aliphatic carbocycles. The number of methoxy groups -OCH3 is 1. The van der Waals surface area contributed by atoms with Crippen LogP contribution in [0.15, 0.2) is 18.3 Å². The molecule has 1 aliphatic rings. The molecule has 4 heteroatoms. The molecule has 0 radical (unpaired) electrons. The van der Waals surface area contributed by atoms with Crippen LogP contribution in [0.4, 0.5) is 0 Å². The molecule has 0 aromatic carbocycles. The van der Waals surface area contributed by atoms with Gasteiger partial charge in [0.15, 0.2) is 0 Å². The second-order valence-corrected chi connectivity index (χ2v) is 4.52. The largest absolute Gasteiger partial charge is 0.506 e. The standard InChI is InChI=1S/C8H14O2.C6H7NO/c1-10-8(9)7-5-3-2-4-6-7;1-5-2-3-6(8)4-7-5/h7H,2-6H2,1H3;2-4,8H,1H3. The first-order valence-corrected chi connectivity index (χ1v) is 6.33. The Balaban J connectivity index is 0.000000184. The number of hydrogen-bond acceptors (Lipinski definition) is 4. The fourth-order valence-corrected chi connectivity index (χ4v) is 1.96.